The molecule has 1 amide bonds. The van der Waals surface area contributed by atoms with Crippen molar-refractivity contribution in [2.24, 2.45) is 0 Å². The number of amides is 1. The third kappa shape index (κ3) is 4.94. The molecule has 0 saturated heterocycles. The predicted octanol–water partition coefficient (Wildman–Crippen LogP) is 4.91. The highest BCUT2D eigenvalue weighted by Crippen LogP contribution is 2.33. The normalized spacial score (nSPS) is 11.6. The van der Waals surface area contributed by atoms with E-state index >= 15 is 0 Å². The smallest absolute Gasteiger partial charge is 0.230 e. The number of hydrogen-bond acceptors (Lipinski definition) is 7. The summed E-state index contributed by atoms with van der Waals surface area (Å²) in [5.74, 6) is 0.511. The van der Waals surface area contributed by atoms with E-state index in [9.17, 15) is 13.2 Å². The fourth-order valence-corrected chi connectivity index (χ4v) is 5.68. The van der Waals surface area contributed by atoms with Gasteiger partial charge in [-0.15, -0.1) is 0 Å². The Balaban J connectivity index is 1.59. The number of sulfone groups is 1. The first-order valence-corrected chi connectivity index (χ1v) is 12.8. The van der Waals surface area contributed by atoms with Crippen molar-refractivity contribution < 1.29 is 22.4 Å². The lowest BCUT2D eigenvalue weighted by atomic mass is 10.1. The number of rotatable bonds is 8. The lowest BCUT2D eigenvalue weighted by molar-refractivity contribution is -0.118. The van der Waals surface area contributed by atoms with Crippen molar-refractivity contribution >= 4 is 42.4 Å². The minimum absolute atomic E-state index is 0.153. The van der Waals surface area contributed by atoms with E-state index in [1.54, 1.807) is 24.3 Å². The molecule has 0 unspecified atom stereocenters. The highest BCUT2D eigenvalue weighted by molar-refractivity contribution is 7.91. The summed E-state index contributed by atoms with van der Waals surface area (Å²) >= 11 is 1.40. The van der Waals surface area contributed by atoms with Crippen molar-refractivity contribution in [2.75, 3.05) is 17.8 Å². The Morgan fingerprint density at radius 2 is 1.88 bits per heavy atom. The number of carbonyl (C=O) groups is 1. The molecule has 0 N–H and O–H groups in total. The maximum Gasteiger partial charge on any atom is 0.230 e. The number of fused-ring (bicyclic) bond motifs is 1. The number of hydrogen-bond donors (Lipinski definition) is 0. The van der Waals surface area contributed by atoms with Crippen LogP contribution in [0.4, 0.5) is 5.13 Å². The second-order valence-corrected chi connectivity index (χ2v) is 10.8. The Morgan fingerprint density at radius 1 is 1.12 bits per heavy atom. The fourth-order valence-electron chi connectivity index (χ4n) is 3.41. The van der Waals surface area contributed by atoms with Crippen molar-refractivity contribution in [1.29, 1.82) is 0 Å². The van der Waals surface area contributed by atoms with Crippen molar-refractivity contribution in [3.8, 4) is 5.75 Å². The van der Waals surface area contributed by atoms with Gasteiger partial charge in [0.15, 0.2) is 15.0 Å². The number of methoxy groups -OCH3 is 1. The van der Waals surface area contributed by atoms with E-state index in [4.69, 9.17) is 14.1 Å². The zero-order chi connectivity index (χ0) is 23.6. The van der Waals surface area contributed by atoms with Crippen LogP contribution in [0, 0.1) is 13.8 Å². The van der Waals surface area contributed by atoms with Crippen LogP contribution in [0.3, 0.4) is 0 Å². The highest BCUT2D eigenvalue weighted by Gasteiger charge is 2.24. The third-order valence-electron chi connectivity index (χ3n) is 5.50. The molecule has 0 radical (unpaired) electrons. The molecule has 9 heteroatoms. The molecule has 2 heterocycles. The van der Waals surface area contributed by atoms with Gasteiger partial charge < -0.3 is 9.15 Å². The van der Waals surface area contributed by atoms with Crippen LogP contribution in [0.1, 0.15) is 23.3 Å². The van der Waals surface area contributed by atoms with Gasteiger partial charge in [0.1, 0.15) is 11.5 Å². The molecule has 0 aliphatic rings. The highest BCUT2D eigenvalue weighted by atomic mass is 32.2. The predicted molar refractivity (Wildman–Crippen MR) is 129 cm³/mol. The molecule has 0 fully saturated rings. The SMILES string of the molecule is COc1ccc(S(=O)(=O)CCC(=O)N(Cc2ccco2)c2nc3c(C)c(C)ccc3s2)cc1. The van der Waals surface area contributed by atoms with E-state index in [1.165, 1.54) is 41.7 Å². The summed E-state index contributed by atoms with van der Waals surface area (Å²) in [6.45, 7) is 4.19. The van der Waals surface area contributed by atoms with Gasteiger partial charge in [-0.25, -0.2) is 13.4 Å². The zero-order valence-electron chi connectivity index (χ0n) is 18.6. The molecule has 0 aliphatic carbocycles. The molecule has 0 aliphatic heterocycles. The fraction of sp³-hybridized carbons (Fsp3) is 0.250. The summed E-state index contributed by atoms with van der Waals surface area (Å²) in [6.07, 6.45) is 1.36. The first kappa shape index (κ1) is 23.0. The van der Waals surface area contributed by atoms with Crippen LogP contribution in [-0.4, -0.2) is 32.2 Å². The van der Waals surface area contributed by atoms with Crippen LogP contribution in [-0.2, 0) is 21.2 Å². The Morgan fingerprint density at radius 3 is 2.55 bits per heavy atom. The minimum Gasteiger partial charge on any atom is -0.497 e. The topological polar surface area (TPSA) is 89.7 Å². The number of aromatic nitrogens is 1. The maximum atomic E-state index is 13.2. The molecule has 2 aromatic heterocycles. The van der Waals surface area contributed by atoms with Gasteiger partial charge in [-0.3, -0.25) is 9.69 Å². The molecular weight excluding hydrogens is 460 g/mol. The first-order chi connectivity index (χ1) is 15.8. The van der Waals surface area contributed by atoms with Gasteiger partial charge in [-0.1, -0.05) is 17.4 Å². The Labute approximate surface area is 196 Å². The molecule has 2 aromatic carbocycles. The van der Waals surface area contributed by atoms with Gasteiger partial charge in [0.25, 0.3) is 0 Å². The Bertz CT molecular complexity index is 1370. The van der Waals surface area contributed by atoms with Crippen molar-refractivity contribution in [3.63, 3.8) is 0 Å². The number of ether oxygens (including phenoxy) is 1. The van der Waals surface area contributed by atoms with E-state index in [1.807, 2.05) is 26.0 Å². The van der Waals surface area contributed by atoms with Crippen molar-refractivity contribution in [3.05, 3.63) is 71.7 Å². The molecule has 7 nitrogen and oxygen atoms in total. The number of nitrogens with zero attached hydrogens (tertiary/aromatic N) is 2. The number of carbonyl (C=O) groups excluding carboxylic acids is 1. The van der Waals surface area contributed by atoms with Gasteiger partial charge in [0.05, 0.1) is 40.8 Å². The van der Waals surface area contributed by atoms with E-state index in [-0.39, 0.29) is 29.5 Å². The number of aryl methyl sites for hydroxylation is 2. The largest absolute Gasteiger partial charge is 0.497 e. The molecule has 0 spiro atoms. The number of thiazole rings is 1. The second-order valence-electron chi connectivity index (χ2n) is 7.65. The minimum atomic E-state index is -3.64. The summed E-state index contributed by atoms with van der Waals surface area (Å²) in [5.41, 5.74) is 3.02. The number of furan rings is 1. The first-order valence-electron chi connectivity index (χ1n) is 10.3. The Kier molecular flexibility index (Phi) is 6.53. The van der Waals surface area contributed by atoms with Crippen LogP contribution in [0.5, 0.6) is 5.75 Å². The van der Waals surface area contributed by atoms with Gasteiger partial charge in [-0.05, 0) is 67.4 Å². The van der Waals surface area contributed by atoms with E-state index < -0.39 is 9.84 Å². The van der Waals surface area contributed by atoms with Crippen LogP contribution in [0.2, 0.25) is 0 Å². The summed E-state index contributed by atoms with van der Waals surface area (Å²) in [4.78, 5) is 19.6. The molecule has 4 rings (SSSR count). The average molecular weight is 485 g/mol. The van der Waals surface area contributed by atoms with Gasteiger partial charge >= 0.3 is 0 Å². The quantitative estimate of drug-likeness (QED) is 0.353. The van der Waals surface area contributed by atoms with Crippen LogP contribution in [0.25, 0.3) is 10.2 Å². The average Bonchev–Trinajstić information content (AvgIpc) is 3.48. The third-order valence-corrected chi connectivity index (χ3v) is 8.28. The monoisotopic (exact) mass is 484 g/mol. The standard InChI is InChI=1S/C24H24N2O5S2/c1-16-6-11-21-23(17(16)2)25-24(32-21)26(15-19-5-4-13-31-19)22(27)12-14-33(28,29)20-9-7-18(30-3)8-10-20/h4-11,13H,12,14-15H2,1-3H3. The summed E-state index contributed by atoms with van der Waals surface area (Å²) in [7, 11) is -2.12. The van der Waals surface area contributed by atoms with E-state index in [0.717, 1.165) is 21.3 Å². The van der Waals surface area contributed by atoms with Gasteiger partial charge in [0.2, 0.25) is 5.91 Å². The number of benzene rings is 2. The summed E-state index contributed by atoms with van der Waals surface area (Å²) < 4.78 is 37.1. The number of anilines is 1. The van der Waals surface area contributed by atoms with Crippen LogP contribution < -0.4 is 9.64 Å². The van der Waals surface area contributed by atoms with Crippen molar-refractivity contribution in [2.45, 2.75) is 31.7 Å². The van der Waals surface area contributed by atoms with E-state index in [0.29, 0.717) is 16.6 Å². The Hall–Kier alpha value is -3.17. The molecule has 0 bridgehead atoms. The second kappa shape index (κ2) is 9.36. The molecule has 0 atom stereocenters. The zero-order valence-corrected chi connectivity index (χ0v) is 20.2. The summed E-state index contributed by atoms with van der Waals surface area (Å²) in [6, 6.07) is 13.7. The maximum absolute atomic E-state index is 13.2. The molecule has 0 saturated carbocycles. The van der Waals surface area contributed by atoms with Crippen molar-refractivity contribution in [1.82, 2.24) is 4.98 Å². The lowest BCUT2D eigenvalue weighted by Gasteiger charge is -2.18. The summed E-state index contributed by atoms with van der Waals surface area (Å²) in [5, 5.41) is 0.516. The molecule has 172 valence electrons. The van der Waals surface area contributed by atoms with E-state index in [2.05, 4.69) is 0 Å². The van der Waals surface area contributed by atoms with Gasteiger partial charge in [-0.2, -0.15) is 0 Å². The van der Waals surface area contributed by atoms with Crippen LogP contribution in [0.15, 0.2) is 64.1 Å². The molecule has 33 heavy (non-hydrogen) atoms. The molecule has 4 aromatic rings. The van der Waals surface area contributed by atoms with Crippen LogP contribution >= 0.6 is 11.3 Å². The molecular formula is C24H24N2O5S2. The van der Waals surface area contributed by atoms with Gasteiger partial charge in [0, 0.05) is 6.42 Å². The lowest BCUT2D eigenvalue weighted by Crippen LogP contribution is -2.31.